The van der Waals surface area contributed by atoms with Crippen molar-refractivity contribution in [1.29, 1.82) is 0 Å². The van der Waals surface area contributed by atoms with Crippen molar-refractivity contribution in [1.82, 2.24) is 0 Å². The Morgan fingerprint density at radius 1 is 0.692 bits per heavy atom. The highest BCUT2D eigenvalue weighted by Crippen LogP contribution is 2.25. The summed E-state index contributed by atoms with van der Waals surface area (Å²) in [6.45, 7) is 4.18. The molecule has 138 valence electrons. The largest absolute Gasteiger partial charge is 0.345 e. The lowest BCUT2D eigenvalue weighted by molar-refractivity contribution is 0.0972. The van der Waals surface area contributed by atoms with Gasteiger partial charge >= 0.3 is 0 Å². The lowest BCUT2D eigenvalue weighted by atomic mass is 10.0. The van der Waals surface area contributed by atoms with Crippen LogP contribution in [-0.4, -0.2) is 18.6 Å². The van der Waals surface area contributed by atoms with Crippen molar-refractivity contribution in [3.05, 3.63) is 59.7 Å². The molecule has 0 heterocycles. The van der Waals surface area contributed by atoms with Crippen LogP contribution in [0.4, 0.5) is 11.4 Å². The second-order valence-corrected chi connectivity index (χ2v) is 6.71. The van der Waals surface area contributed by atoms with Gasteiger partial charge in [0.1, 0.15) is 0 Å². The standard InChI is InChI=1S/C23H29NO2/c1-4-6-8-22(25)18-10-14-20(15-11-18)24(3)21-16-12-19(13-17-21)23(26)9-7-5-2/h10-17H,4-9H2,1-3H3. The zero-order valence-electron chi connectivity index (χ0n) is 16.1. The van der Waals surface area contributed by atoms with E-state index < -0.39 is 0 Å². The third-order valence-electron chi connectivity index (χ3n) is 4.67. The van der Waals surface area contributed by atoms with Gasteiger partial charge in [-0.05, 0) is 61.4 Å². The Balaban J connectivity index is 2.05. The number of unbranched alkanes of at least 4 members (excludes halogenated alkanes) is 2. The van der Waals surface area contributed by atoms with E-state index in [1.165, 1.54) is 0 Å². The molecule has 0 radical (unpaired) electrons. The van der Waals surface area contributed by atoms with E-state index in [0.29, 0.717) is 12.8 Å². The summed E-state index contributed by atoms with van der Waals surface area (Å²) in [7, 11) is 1.99. The Hall–Kier alpha value is -2.42. The van der Waals surface area contributed by atoms with Gasteiger partial charge in [-0.2, -0.15) is 0 Å². The minimum Gasteiger partial charge on any atom is -0.345 e. The van der Waals surface area contributed by atoms with Crippen LogP contribution >= 0.6 is 0 Å². The van der Waals surface area contributed by atoms with Crippen molar-refractivity contribution in [3.8, 4) is 0 Å². The van der Waals surface area contributed by atoms with Crippen LogP contribution in [0, 0.1) is 0 Å². The number of benzene rings is 2. The molecule has 0 aliphatic heterocycles. The predicted molar refractivity (Wildman–Crippen MR) is 109 cm³/mol. The van der Waals surface area contributed by atoms with Gasteiger partial charge in [-0.15, -0.1) is 0 Å². The molecule has 0 aliphatic carbocycles. The average Bonchev–Trinajstić information content (AvgIpc) is 2.69. The molecule has 0 atom stereocenters. The summed E-state index contributed by atoms with van der Waals surface area (Å²) in [5.41, 5.74) is 3.57. The number of rotatable bonds is 10. The van der Waals surface area contributed by atoms with E-state index in [4.69, 9.17) is 0 Å². The minimum atomic E-state index is 0.205. The third-order valence-corrected chi connectivity index (χ3v) is 4.67. The van der Waals surface area contributed by atoms with Gasteiger partial charge in [-0.25, -0.2) is 0 Å². The Labute approximate surface area is 157 Å². The monoisotopic (exact) mass is 351 g/mol. The van der Waals surface area contributed by atoms with E-state index >= 15 is 0 Å². The highest BCUT2D eigenvalue weighted by atomic mass is 16.1. The molecule has 0 aromatic heterocycles. The minimum absolute atomic E-state index is 0.205. The number of ketones is 2. The third kappa shape index (κ3) is 5.29. The second-order valence-electron chi connectivity index (χ2n) is 6.71. The zero-order chi connectivity index (χ0) is 18.9. The lowest BCUT2D eigenvalue weighted by Gasteiger charge is -2.20. The SMILES string of the molecule is CCCCC(=O)c1ccc(N(C)c2ccc(C(=O)CCCC)cc2)cc1. The van der Waals surface area contributed by atoms with Crippen LogP contribution in [0.15, 0.2) is 48.5 Å². The Bertz CT molecular complexity index is 653. The number of hydrogen-bond donors (Lipinski definition) is 0. The Morgan fingerprint density at radius 3 is 1.35 bits per heavy atom. The van der Waals surface area contributed by atoms with E-state index in [2.05, 4.69) is 18.7 Å². The number of hydrogen-bond acceptors (Lipinski definition) is 3. The maximum absolute atomic E-state index is 12.1. The number of nitrogens with zero attached hydrogens (tertiary/aromatic N) is 1. The molecule has 0 spiro atoms. The first-order valence-electron chi connectivity index (χ1n) is 9.57. The first-order chi connectivity index (χ1) is 12.6. The summed E-state index contributed by atoms with van der Waals surface area (Å²) in [6, 6.07) is 15.5. The van der Waals surface area contributed by atoms with Gasteiger partial charge in [0.2, 0.25) is 0 Å². The number of carbonyl (C=O) groups excluding carboxylic acids is 2. The molecule has 3 nitrogen and oxygen atoms in total. The number of Topliss-reactive ketones (excluding diaryl/α,β-unsaturated/α-hetero) is 2. The van der Waals surface area contributed by atoms with Gasteiger partial charge in [0.15, 0.2) is 11.6 Å². The van der Waals surface area contributed by atoms with Crippen LogP contribution in [0.25, 0.3) is 0 Å². The molecular formula is C23H29NO2. The van der Waals surface area contributed by atoms with Crippen LogP contribution < -0.4 is 4.90 Å². The van der Waals surface area contributed by atoms with Gasteiger partial charge in [-0.3, -0.25) is 9.59 Å². The van der Waals surface area contributed by atoms with E-state index in [1.54, 1.807) is 0 Å². The molecule has 0 saturated carbocycles. The second kappa shape index (κ2) is 9.91. The molecule has 3 heteroatoms. The van der Waals surface area contributed by atoms with Crippen molar-refractivity contribution < 1.29 is 9.59 Å². The van der Waals surface area contributed by atoms with Crippen molar-refractivity contribution >= 4 is 22.9 Å². The molecule has 2 rings (SSSR count). The van der Waals surface area contributed by atoms with Crippen LogP contribution in [0.1, 0.15) is 73.1 Å². The van der Waals surface area contributed by atoms with E-state index in [-0.39, 0.29) is 11.6 Å². The molecule has 0 fully saturated rings. The summed E-state index contributed by atoms with van der Waals surface area (Å²) < 4.78 is 0. The zero-order valence-corrected chi connectivity index (χ0v) is 16.1. The van der Waals surface area contributed by atoms with Crippen molar-refractivity contribution in [3.63, 3.8) is 0 Å². The fourth-order valence-electron chi connectivity index (χ4n) is 2.85. The first-order valence-corrected chi connectivity index (χ1v) is 9.57. The van der Waals surface area contributed by atoms with Gasteiger partial charge < -0.3 is 4.90 Å². The Kier molecular flexibility index (Phi) is 7.58. The van der Waals surface area contributed by atoms with Gasteiger partial charge in [-0.1, -0.05) is 26.7 Å². The van der Waals surface area contributed by atoms with Gasteiger partial charge in [0.25, 0.3) is 0 Å². The van der Waals surface area contributed by atoms with Crippen LogP contribution in [0.2, 0.25) is 0 Å². The Morgan fingerprint density at radius 2 is 1.04 bits per heavy atom. The highest BCUT2D eigenvalue weighted by molar-refractivity contribution is 5.97. The van der Waals surface area contributed by atoms with Gasteiger partial charge in [0.05, 0.1) is 0 Å². The van der Waals surface area contributed by atoms with Crippen LogP contribution in [0.3, 0.4) is 0 Å². The quantitative estimate of drug-likeness (QED) is 0.478. The fraction of sp³-hybridized carbons (Fsp3) is 0.391. The highest BCUT2D eigenvalue weighted by Gasteiger charge is 2.09. The van der Waals surface area contributed by atoms with E-state index in [0.717, 1.165) is 48.2 Å². The molecule has 0 N–H and O–H groups in total. The summed E-state index contributed by atoms with van der Waals surface area (Å²) in [5.74, 6) is 0.409. The topological polar surface area (TPSA) is 37.4 Å². The van der Waals surface area contributed by atoms with Crippen molar-refractivity contribution in [2.75, 3.05) is 11.9 Å². The van der Waals surface area contributed by atoms with Gasteiger partial charge in [0, 0.05) is 42.4 Å². The number of anilines is 2. The molecule has 0 bridgehead atoms. The van der Waals surface area contributed by atoms with E-state index in [9.17, 15) is 9.59 Å². The smallest absolute Gasteiger partial charge is 0.162 e. The van der Waals surface area contributed by atoms with Crippen LogP contribution in [-0.2, 0) is 0 Å². The maximum atomic E-state index is 12.1. The van der Waals surface area contributed by atoms with Crippen molar-refractivity contribution in [2.45, 2.75) is 52.4 Å². The summed E-state index contributed by atoms with van der Waals surface area (Å²) >= 11 is 0. The molecule has 26 heavy (non-hydrogen) atoms. The molecule has 0 unspecified atom stereocenters. The average molecular weight is 351 g/mol. The summed E-state index contributed by atoms with van der Waals surface area (Å²) in [4.78, 5) is 26.2. The molecule has 0 saturated heterocycles. The van der Waals surface area contributed by atoms with E-state index in [1.807, 2.05) is 55.6 Å². The molecule has 2 aromatic carbocycles. The molecular weight excluding hydrogens is 322 g/mol. The lowest BCUT2D eigenvalue weighted by Crippen LogP contribution is -2.10. The van der Waals surface area contributed by atoms with Crippen molar-refractivity contribution in [2.24, 2.45) is 0 Å². The van der Waals surface area contributed by atoms with Crippen LogP contribution in [0.5, 0.6) is 0 Å². The predicted octanol–water partition coefficient (Wildman–Crippen LogP) is 6.20. The molecule has 0 aliphatic rings. The summed E-state index contributed by atoms with van der Waals surface area (Å²) in [6.07, 6.45) is 5.15. The first kappa shape index (κ1) is 19.9. The molecule has 0 amide bonds. The summed E-state index contributed by atoms with van der Waals surface area (Å²) in [5, 5.41) is 0. The maximum Gasteiger partial charge on any atom is 0.162 e. The fourth-order valence-corrected chi connectivity index (χ4v) is 2.85. The normalized spacial score (nSPS) is 10.6. The number of carbonyl (C=O) groups is 2. The molecule has 2 aromatic rings.